The Balaban J connectivity index is 3.27. The summed E-state index contributed by atoms with van der Waals surface area (Å²) in [6.07, 6.45) is 0.0115. The minimum Gasteiger partial charge on any atom is -0.459 e. The molecule has 0 aromatic rings. The summed E-state index contributed by atoms with van der Waals surface area (Å²) in [6, 6.07) is 0. The average molecular weight is 132 g/mol. The number of likely N-dealkylation sites (N-methyl/N-ethyl adjacent to an activating group) is 1. The van der Waals surface area contributed by atoms with Crippen LogP contribution in [0.5, 0.6) is 0 Å². The van der Waals surface area contributed by atoms with Crippen molar-refractivity contribution in [1.29, 1.82) is 0 Å². The van der Waals surface area contributed by atoms with Gasteiger partial charge in [0.25, 0.3) is 0 Å². The van der Waals surface area contributed by atoms with Crippen molar-refractivity contribution < 1.29 is 14.8 Å². The minimum atomic E-state index is -0.146. The molecule has 0 aliphatic rings. The van der Waals surface area contributed by atoms with Gasteiger partial charge in [0.05, 0.1) is 13.2 Å². The second-order valence-electron chi connectivity index (χ2n) is 2.15. The Morgan fingerprint density at radius 2 is 2.22 bits per heavy atom. The maximum Gasteiger partial charge on any atom is 0.361 e. The van der Waals surface area contributed by atoms with Crippen LogP contribution in [0.4, 0.5) is 0 Å². The van der Waals surface area contributed by atoms with E-state index >= 15 is 0 Å². The van der Waals surface area contributed by atoms with Crippen molar-refractivity contribution in [3.8, 4) is 0 Å². The molecule has 0 rings (SSSR count). The smallest absolute Gasteiger partial charge is 0.361 e. The summed E-state index contributed by atoms with van der Waals surface area (Å²) in [5.41, 5.74) is 0. The molecule has 9 heavy (non-hydrogen) atoms. The molecule has 0 saturated carbocycles. The van der Waals surface area contributed by atoms with Crippen LogP contribution in [-0.4, -0.2) is 25.7 Å². The van der Waals surface area contributed by atoms with Gasteiger partial charge in [0.15, 0.2) is 6.54 Å². The lowest BCUT2D eigenvalue weighted by atomic mass is 10.5. The number of rotatable bonds is 3. The first-order valence-corrected chi connectivity index (χ1v) is 3.14. The summed E-state index contributed by atoms with van der Waals surface area (Å²) in [5, 5.41) is 1.78. The highest BCUT2D eigenvalue weighted by molar-refractivity contribution is 5.70. The molecule has 0 saturated heterocycles. The number of nitrogens with two attached hydrogens (primary N) is 1. The van der Waals surface area contributed by atoms with Crippen molar-refractivity contribution in [2.45, 2.75) is 20.0 Å². The van der Waals surface area contributed by atoms with Crippen molar-refractivity contribution in [3.63, 3.8) is 0 Å². The highest BCUT2D eigenvalue weighted by atomic mass is 16.5. The van der Waals surface area contributed by atoms with Gasteiger partial charge in [-0.1, -0.05) is 0 Å². The quantitative estimate of drug-likeness (QED) is 0.507. The molecule has 0 bridgehead atoms. The van der Waals surface area contributed by atoms with Gasteiger partial charge < -0.3 is 10.1 Å². The molecule has 0 fully saturated rings. The topological polar surface area (TPSA) is 42.9 Å². The van der Waals surface area contributed by atoms with Crippen LogP contribution in [0.15, 0.2) is 0 Å². The highest BCUT2D eigenvalue weighted by Gasteiger charge is 2.03. The third-order valence-electron chi connectivity index (χ3n) is 0.738. The molecule has 0 amide bonds. The first-order valence-electron chi connectivity index (χ1n) is 3.14. The van der Waals surface area contributed by atoms with Crippen LogP contribution >= 0.6 is 0 Å². The van der Waals surface area contributed by atoms with Gasteiger partial charge in [0, 0.05) is 0 Å². The van der Waals surface area contributed by atoms with E-state index in [0.29, 0.717) is 6.54 Å². The predicted octanol–water partition coefficient (Wildman–Crippen LogP) is -0.869. The fraction of sp³-hybridized carbons (Fsp3) is 0.833. The lowest BCUT2D eigenvalue weighted by Crippen LogP contribution is -2.81. The molecule has 54 valence electrons. The van der Waals surface area contributed by atoms with Gasteiger partial charge in [-0.2, -0.15) is 0 Å². The lowest BCUT2D eigenvalue weighted by molar-refractivity contribution is -0.617. The SMILES string of the molecule is C[NH2+]CC(=O)OC(C)C. The minimum absolute atomic E-state index is 0.0115. The number of carbonyl (C=O) groups is 1. The Hall–Kier alpha value is -0.570. The van der Waals surface area contributed by atoms with Gasteiger partial charge in [-0.15, -0.1) is 0 Å². The standard InChI is InChI=1S/C6H13NO2/c1-5(2)9-6(8)4-7-3/h5,7H,4H2,1-3H3/p+1. The van der Waals surface area contributed by atoms with Gasteiger partial charge in [0.1, 0.15) is 0 Å². The molecule has 3 heteroatoms. The molecule has 0 spiro atoms. The summed E-state index contributed by atoms with van der Waals surface area (Å²) in [4.78, 5) is 10.6. The number of esters is 1. The largest absolute Gasteiger partial charge is 0.459 e. The summed E-state index contributed by atoms with van der Waals surface area (Å²) < 4.78 is 4.82. The number of carbonyl (C=O) groups excluding carboxylic acids is 1. The second-order valence-corrected chi connectivity index (χ2v) is 2.15. The van der Waals surface area contributed by atoms with Crippen molar-refractivity contribution in [1.82, 2.24) is 0 Å². The Morgan fingerprint density at radius 3 is 2.56 bits per heavy atom. The first-order chi connectivity index (χ1) is 4.16. The molecular formula is C6H14NO2+. The first kappa shape index (κ1) is 8.43. The average Bonchev–Trinajstić information content (AvgIpc) is 1.63. The monoisotopic (exact) mass is 132 g/mol. The Bertz CT molecular complexity index is 91.1. The zero-order valence-electron chi connectivity index (χ0n) is 6.18. The summed E-state index contributed by atoms with van der Waals surface area (Å²) in [6.45, 7) is 4.10. The maximum absolute atomic E-state index is 10.6. The lowest BCUT2D eigenvalue weighted by Gasteiger charge is -2.04. The number of ether oxygens (including phenoxy) is 1. The van der Waals surface area contributed by atoms with Crippen molar-refractivity contribution in [2.24, 2.45) is 0 Å². The third kappa shape index (κ3) is 5.30. The zero-order chi connectivity index (χ0) is 7.28. The Kier molecular flexibility index (Phi) is 4.05. The van der Waals surface area contributed by atoms with Gasteiger partial charge >= 0.3 is 5.97 Å². The molecule has 0 atom stereocenters. The van der Waals surface area contributed by atoms with E-state index in [1.54, 1.807) is 5.32 Å². The number of quaternary nitrogens is 1. The molecule has 0 unspecified atom stereocenters. The summed E-state index contributed by atoms with van der Waals surface area (Å²) in [7, 11) is 1.83. The van der Waals surface area contributed by atoms with Crippen LogP contribution in [0.25, 0.3) is 0 Å². The fourth-order valence-electron chi connectivity index (χ4n) is 0.478. The van der Waals surface area contributed by atoms with Crippen molar-refractivity contribution in [3.05, 3.63) is 0 Å². The van der Waals surface area contributed by atoms with Crippen molar-refractivity contribution in [2.75, 3.05) is 13.6 Å². The Morgan fingerprint density at radius 1 is 1.67 bits per heavy atom. The molecule has 0 aliphatic heterocycles. The fourth-order valence-corrected chi connectivity index (χ4v) is 0.478. The van der Waals surface area contributed by atoms with E-state index in [0.717, 1.165) is 0 Å². The van der Waals surface area contributed by atoms with Crippen molar-refractivity contribution >= 4 is 5.97 Å². The molecule has 0 aromatic carbocycles. The molecule has 0 radical (unpaired) electrons. The highest BCUT2D eigenvalue weighted by Crippen LogP contribution is 1.85. The van der Waals surface area contributed by atoms with E-state index in [1.165, 1.54) is 0 Å². The van der Waals surface area contributed by atoms with Gasteiger partial charge in [-0.3, -0.25) is 0 Å². The van der Waals surface area contributed by atoms with Crippen LogP contribution in [0.1, 0.15) is 13.8 Å². The third-order valence-corrected chi connectivity index (χ3v) is 0.738. The van der Waals surface area contributed by atoms with Gasteiger partial charge in [-0.25, -0.2) is 4.79 Å². The van der Waals surface area contributed by atoms with Crippen LogP contribution in [-0.2, 0) is 9.53 Å². The van der Waals surface area contributed by atoms with Crippen LogP contribution < -0.4 is 5.32 Å². The predicted molar refractivity (Wildman–Crippen MR) is 33.9 cm³/mol. The molecular weight excluding hydrogens is 118 g/mol. The van der Waals surface area contributed by atoms with E-state index in [4.69, 9.17) is 4.74 Å². The maximum atomic E-state index is 10.6. The number of hydrogen-bond acceptors (Lipinski definition) is 2. The number of hydrogen-bond donors (Lipinski definition) is 1. The van der Waals surface area contributed by atoms with E-state index in [-0.39, 0.29) is 12.1 Å². The van der Waals surface area contributed by atoms with Crippen LogP contribution in [0.2, 0.25) is 0 Å². The van der Waals surface area contributed by atoms with E-state index < -0.39 is 0 Å². The zero-order valence-corrected chi connectivity index (χ0v) is 6.18. The molecule has 0 aliphatic carbocycles. The van der Waals surface area contributed by atoms with E-state index in [9.17, 15) is 4.79 Å². The summed E-state index contributed by atoms with van der Waals surface area (Å²) >= 11 is 0. The molecule has 0 heterocycles. The van der Waals surface area contributed by atoms with Gasteiger partial charge in [0.2, 0.25) is 0 Å². The molecule has 2 N–H and O–H groups in total. The summed E-state index contributed by atoms with van der Waals surface area (Å²) in [5.74, 6) is -0.146. The van der Waals surface area contributed by atoms with Crippen LogP contribution in [0.3, 0.4) is 0 Å². The van der Waals surface area contributed by atoms with Crippen LogP contribution in [0, 0.1) is 0 Å². The Labute approximate surface area is 55.4 Å². The molecule has 0 aromatic heterocycles. The van der Waals surface area contributed by atoms with Gasteiger partial charge in [-0.05, 0) is 13.8 Å². The normalized spacial score (nSPS) is 9.78. The second kappa shape index (κ2) is 4.32. The van der Waals surface area contributed by atoms with E-state index in [1.807, 2.05) is 20.9 Å². The van der Waals surface area contributed by atoms with E-state index in [2.05, 4.69) is 0 Å². The molecule has 3 nitrogen and oxygen atoms in total.